The van der Waals surface area contributed by atoms with Crippen molar-refractivity contribution in [2.75, 3.05) is 0 Å². The van der Waals surface area contributed by atoms with E-state index in [2.05, 4.69) is 155 Å². The molecule has 0 aliphatic rings. The monoisotopic (exact) mass is 1050 g/mol. The number of aryl methyl sites for hydroxylation is 1. The van der Waals surface area contributed by atoms with E-state index in [0.29, 0.717) is 0 Å². The van der Waals surface area contributed by atoms with Gasteiger partial charge in [-0.2, -0.15) is 0 Å². The smallest absolute Gasteiger partial charge is 0.180 e. The fourth-order valence-corrected chi connectivity index (χ4v) is 10.8. The van der Waals surface area contributed by atoms with Gasteiger partial charge in [0.15, 0.2) is 17.0 Å². The van der Waals surface area contributed by atoms with Crippen LogP contribution in [0.2, 0.25) is 0 Å². The Morgan fingerprint density at radius 2 is 1.08 bits per heavy atom. The largest absolute Gasteiger partial charge is 0.452 e. The highest BCUT2D eigenvalue weighted by Gasteiger charge is 2.25. The second kappa shape index (κ2) is 20.9. The second-order valence-electron chi connectivity index (χ2n) is 23.9. The van der Waals surface area contributed by atoms with Crippen LogP contribution >= 0.6 is 11.3 Å². The molecule has 11 heteroatoms. The van der Waals surface area contributed by atoms with E-state index in [1.54, 1.807) is 24.0 Å². The van der Waals surface area contributed by atoms with Crippen molar-refractivity contribution >= 4 is 86.7 Å². The van der Waals surface area contributed by atoms with E-state index in [0.717, 1.165) is 99.4 Å². The van der Waals surface area contributed by atoms with Crippen LogP contribution in [0.4, 0.5) is 0 Å². The van der Waals surface area contributed by atoms with Gasteiger partial charge in [-0.15, -0.1) is 11.3 Å². The highest BCUT2D eigenvalue weighted by atomic mass is 32.1. The summed E-state index contributed by atoms with van der Waals surface area (Å²) in [6.45, 7) is 28.3. The van der Waals surface area contributed by atoms with Gasteiger partial charge in [-0.25, -0.2) is 39.9 Å². The van der Waals surface area contributed by atoms with E-state index in [9.17, 15) is 0 Å². The average molecular weight is 1050 g/mol. The molecule has 0 bridgehead atoms. The summed E-state index contributed by atoms with van der Waals surface area (Å²) >= 11 is 1.80. The van der Waals surface area contributed by atoms with Crippen molar-refractivity contribution in [2.45, 2.75) is 112 Å². The van der Waals surface area contributed by atoms with Crippen molar-refractivity contribution in [3.8, 4) is 22.6 Å². The van der Waals surface area contributed by atoms with Gasteiger partial charge < -0.3 is 8.83 Å². The minimum Gasteiger partial charge on any atom is -0.452 e. The zero-order chi connectivity index (χ0) is 55.1. The summed E-state index contributed by atoms with van der Waals surface area (Å²) in [4.78, 5) is 36.1. The van der Waals surface area contributed by atoms with Crippen LogP contribution in [0.15, 0.2) is 173 Å². The number of nitrogens with zero attached hydrogens (tertiary/aromatic N) is 8. The molecule has 13 aromatic rings. The lowest BCUT2D eigenvalue weighted by Crippen LogP contribution is -2.15. The van der Waals surface area contributed by atoms with Gasteiger partial charge in [0, 0.05) is 55.2 Å². The molecule has 6 aromatic carbocycles. The Hall–Kier alpha value is -8.28. The van der Waals surface area contributed by atoms with Crippen molar-refractivity contribution in [3.05, 3.63) is 193 Å². The number of rotatable bonds is 2. The molecule has 0 spiro atoms. The molecule has 7 heterocycles. The molecule has 0 aliphatic carbocycles. The van der Waals surface area contributed by atoms with E-state index in [1.165, 1.54) is 26.8 Å². The summed E-state index contributed by atoms with van der Waals surface area (Å²) in [5, 5.41) is 4.49. The first-order valence-electron chi connectivity index (χ1n) is 26.5. The summed E-state index contributed by atoms with van der Waals surface area (Å²) in [6, 6.07) is 47.0. The molecule has 0 atom stereocenters. The van der Waals surface area contributed by atoms with E-state index in [-0.39, 0.29) is 21.7 Å². The zero-order valence-electron chi connectivity index (χ0n) is 46.9. The molecule has 13 rings (SSSR count). The van der Waals surface area contributed by atoms with E-state index in [1.807, 2.05) is 122 Å². The number of para-hydroxylation sites is 2. The Bertz CT molecular complexity index is 4270. The molecule has 0 saturated heterocycles. The minimum absolute atomic E-state index is 0.0179. The summed E-state index contributed by atoms with van der Waals surface area (Å²) < 4.78 is 14.5. The Labute approximate surface area is 460 Å². The van der Waals surface area contributed by atoms with Gasteiger partial charge in [-0.1, -0.05) is 198 Å². The van der Waals surface area contributed by atoms with Crippen molar-refractivity contribution < 1.29 is 8.83 Å². The highest BCUT2D eigenvalue weighted by Crippen LogP contribution is 2.42. The molecule has 0 aliphatic heterocycles. The maximum Gasteiger partial charge on any atom is 0.180 e. The number of furan rings is 2. The predicted molar refractivity (Wildman–Crippen MR) is 323 cm³/mol. The summed E-state index contributed by atoms with van der Waals surface area (Å²) in [5.74, 6) is 1.69. The standard InChI is InChI=1S/C21H20N2S.C20H18N2O.C14H14N2O.C12H14N2/c1-13-10-15-18-17(24-19(15)16(11-13)21(2,3)4)12-22-20(23-18)14-8-6-5-7-9-14;1-20(2,3)14-10-7-11-15-16(14)18-19(23-15)17(21-12-22-18)13-8-5-4-6-9-13;1-14(2,3)13-12-11(15-8-16-13)9-6-4-5-7-10(9)17-12;1-12(2,3)11-13-8-9-6-4-5-7-10(9)14-11/h5-12H,1-4H3;4-12H,1-3H3;4-8H,1-3H3;4-8H,1-3H3. The normalized spacial score (nSPS) is 12.2. The van der Waals surface area contributed by atoms with Crippen LogP contribution < -0.4 is 0 Å². The summed E-state index contributed by atoms with van der Waals surface area (Å²) in [7, 11) is 0. The van der Waals surface area contributed by atoms with E-state index < -0.39 is 0 Å². The van der Waals surface area contributed by atoms with Gasteiger partial charge in [0.1, 0.15) is 46.4 Å². The predicted octanol–water partition coefficient (Wildman–Crippen LogP) is 18.1. The third-order valence-corrected chi connectivity index (χ3v) is 14.6. The average Bonchev–Trinajstić information content (AvgIpc) is 4.22. The molecule has 7 aromatic heterocycles. The summed E-state index contributed by atoms with van der Waals surface area (Å²) in [6.07, 6.45) is 7.10. The third-order valence-electron chi connectivity index (χ3n) is 13.5. The van der Waals surface area contributed by atoms with Crippen LogP contribution in [-0.2, 0) is 21.7 Å². The molecule has 0 N–H and O–H groups in total. The maximum absolute atomic E-state index is 6.15. The lowest BCUT2D eigenvalue weighted by atomic mass is 9.84. The second-order valence-corrected chi connectivity index (χ2v) is 24.9. The van der Waals surface area contributed by atoms with Crippen LogP contribution in [0.3, 0.4) is 0 Å². The Morgan fingerprint density at radius 1 is 0.449 bits per heavy atom. The fraction of sp³-hybridized carbons (Fsp3) is 0.254. The number of aromatic nitrogens is 8. The fourth-order valence-electron chi connectivity index (χ4n) is 9.53. The van der Waals surface area contributed by atoms with Crippen LogP contribution in [-0.4, -0.2) is 39.9 Å². The molecule has 0 saturated carbocycles. The van der Waals surface area contributed by atoms with Crippen LogP contribution in [0.1, 0.15) is 111 Å². The van der Waals surface area contributed by atoms with Gasteiger partial charge in [0.2, 0.25) is 0 Å². The Morgan fingerprint density at radius 3 is 1.78 bits per heavy atom. The molecule has 78 heavy (non-hydrogen) atoms. The zero-order valence-corrected chi connectivity index (χ0v) is 47.7. The van der Waals surface area contributed by atoms with Gasteiger partial charge >= 0.3 is 0 Å². The number of fused-ring (bicyclic) bond motifs is 10. The van der Waals surface area contributed by atoms with Gasteiger partial charge in [0.25, 0.3) is 0 Å². The molecule has 0 unspecified atom stereocenters. The lowest BCUT2D eigenvalue weighted by molar-refractivity contribution is 0.548. The number of benzene rings is 6. The van der Waals surface area contributed by atoms with Crippen LogP contribution in [0, 0.1) is 6.92 Å². The quantitative estimate of drug-likeness (QED) is 0.165. The van der Waals surface area contributed by atoms with Crippen molar-refractivity contribution in [1.82, 2.24) is 39.9 Å². The number of hydrogen-bond donors (Lipinski definition) is 0. The highest BCUT2D eigenvalue weighted by molar-refractivity contribution is 7.26. The SMILES string of the molecule is CC(C)(C)c1cccc2oc3c(-c4ccccc4)ncnc3c12.CC(C)(C)c1ncc2ccccc2n1.CC(C)(C)c1ncnc2c1oc1ccccc12.Cc1cc(C(C)(C)C)c2sc3cnc(-c4ccccc4)nc3c2c1. The van der Waals surface area contributed by atoms with Gasteiger partial charge in [0.05, 0.1) is 26.8 Å². The topological polar surface area (TPSA) is 129 Å². The van der Waals surface area contributed by atoms with Crippen molar-refractivity contribution in [2.24, 2.45) is 0 Å². The first-order valence-corrected chi connectivity index (χ1v) is 27.3. The van der Waals surface area contributed by atoms with E-state index >= 15 is 0 Å². The van der Waals surface area contributed by atoms with Crippen molar-refractivity contribution in [3.63, 3.8) is 0 Å². The van der Waals surface area contributed by atoms with Gasteiger partial charge in [-0.05, 0) is 59.2 Å². The Kier molecular flexibility index (Phi) is 14.3. The molecule has 0 amide bonds. The van der Waals surface area contributed by atoms with E-state index in [4.69, 9.17) is 13.8 Å². The first-order chi connectivity index (χ1) is 37.1. The molecule has 0 radical (unpaired) electrons. The lowest BCUT2D eigenvalue weighted by Gasteiger charge is -2.20. The van der Waals surface area contributed by atoms with Crippen LogP contribution in [0.5, 0.6) is 0 Å². The van der Waals surface area contributed by atoms with Crippen LogP contribution in [0.25, 0.3) is 98.0 Å². The molecule has 10 nitrogen and oxygen atoms in total. The molecular formula is C67H66N8O2S. The third kappa shape index (κ3) is 11.0. The molecular weight excluding hydrogens is 981 g/mol. The van der Waals surface area contributed by atoms with Crippen molar-refractivity contribution in [1.29, 1.82) is 0 Å². The number of thiophene rings is 1. The first kappa shape index (κ1) is 53.1. The summed E-state index contributed by atoms with van der Waals surface area (Å²) in [5.41, 5.74) is 15.1. The maximum atomic E-state index is 6.15. The molecule has 392 valence electrons. The minimum atomic E-state index is -0.0466. The Balaban J connectivity index is 0.000000120. The number of hydrogen-bond acceptors (Lipinski definition) is 11. The van der Waals surface area contributed by atoms with Gasteiger partial charge in [-0.3, -0.25) is 0 Å². The molecule has 0 fully saturated rings.